The topological polar surface area (TPSA) is 93.7 Å². The smallest absolute Gasteiger partial charge is 0.344 e. The first-order valence-electron chi connectivity index (χ1n) is 7.64. The van der Waals surface area contributed by atoms with E-state index in [1.54, 1.807) is 24.3 Å². The summed E-state index contributed by atoms with van der Waals surface area (Å²) in [5, 5.41) is 5.15. The third-order valence-electron chi connectivity index (χ3n) is 3.02. The summed E-state index contributed by atoms with van der Waals surface area (Å²) >= 11 is 0. The quantitative estimate of drug-likeness (QED) is 0.739. The number of hydrogen-bond acceptors (Lipinski definition) is 5. The lowest BCUT2D eigenvalue weighted by Gasteiger charge is -2.08. The van der Waals surface area contributed by atoms with Crippen LogP contribution in [-0.4, -0.2) is 31.0 Å². The molecule has 136 valence electrons. The molecular formula is C18H17FN2O5. The third-order valence-corrected chi connectivity index (χ3v) is 3.02. The predicted octanol–water partition coefficient (Wildman–Crippen LogP) is 2.34. The van der Waals surface area contributed by atoms with Gasteiger partial charge in [-0.15, -0.1) is 0 Å². The van der Waals surface area contributed by atoms with Crippen molar-refractivity contribution in [3.05, 3.63) is 54.3 Å². The highest BCUT2D eigenvalue weighted by Gasteiger charge is 2.09. The molecule has 0 aliphatic carbocycles. The Kier molecular flexibility index (Phi) is 6.67. The first-order chi connectivity index (χ1) is 12.4. The van der Waals surface area contributed by atoms with E-state index in [1.165, 1.54) is 31.2 Å². The second kappa shape index (κ2) is 9.16. The van der Waals surface area contributed by atoms with E-state index >= 15 is 0 Å². The molecule has 0 aliphatic heterocycles. The molecule has 0 saturated heterocycles. The van der Waals surface area contributed by atoms with Crippen LogP contribution in [0.15, 0.2) is 48.5 Å². The fourth-order valence-corrected chi connectivity index (χ4v) is 1.90. The monoisotopic (exact) mass is 360 g/mol. The first kappa shape index (κ1) is 18.9. The lowest BCUT2D eigenvalue weighted by atomic mass is 10.2. The Balaban J connectivity index is 1.71. The summed E-state index contributed by atoms with van der Waals surface area (Å²) in [6.45, 7) is 0.521. The molecule has 0 saturated carbocycles. The van der Waals surface area contributed by atoms with Gasteiger partial charge in [0.2, 0.25) is 5.91 Å². The predicted molar refractivity (Wildman–Crippen MR) is 92.2 cm³/mol. The summed E-state index contributed by atoms with van der Waals surface area (Å²) in [6, 6.07) is 11.6. The Morgan fingerprint density at radius 3 is 2.04 bits per heavy atom. The number of anilines is 2. The average Bonchev–Trinajstić information content (AvgIpc) is 2.61. The number of carbonyl (C=O) groups is 3. The normalized spacial score (nSPS) is 9.92. The number of halogens is 1. The van der Waals surface area contributed by atoms with Gasteiger partial charge in [-0.2, -0.15) is 0 Å². The van der Waals surface area contributed by atoms with Crippen LogP contribution < -0.4 is 15.4 Å². The summed E-state index contributed by atoms with van der Waals surface area (Å²) in [5.74, 6) is -1.55. The molecule has 0 unspecified atom stereocenters. The number of rotatable bonds is 7. The fraction of sp³-hybridized carbons (Fsp3) is 0.167. The van der Waals surface area contributed by atoms with E-state index < -0.39 is 30.9 Å². The van der Waals surface area contributed by atoms with Gasteiger partial charge in [-0.05, 0) is 48.5 Å². The van der Waals surface area contributed by atoms with Crippen molar-refractivity contribution in [3.8, 4) is 5.75 Å². The highest BCUT2D eigenvalue weighted by Crippen LogP contribution is 2.13. The first-order valence-corrected chi connectivity index (χ1v) is 7.64. The van der Waals surface area contributed by atoms with Crippen LogP contribution in [0.2, 0.25) is 0 Å². The van der Waals surface area contributed by atoms with Gasteiger partial charge in [0.1, 0.15) is 11.6 Å². The van der Waals surface area contributed by atoms with Crippen molar-refractivity contribution in [2.45, 2.75) is 6.92 Å². The molecule has 2 rings (SSSR count). The molecule has 0 radical (unpaired) electrons. The van der Waals surface area contributed by atoms with Crippen molar-refractivity contribution < 1.29 is 28.2 Å². The molecule has 2 aromatic carbocycles. The lowest BCUT2D eigenvalue weighted by Crippen LogP contribution is -2.23. The number of amides is 2. The van der Waals surface area contributed by atoms with Gasteiger partial charge in [0, 0.05) is 18.3 Å². The summed E-state index contributed by atoms with van der Waals surface area (Å²) < 4.78 is 22.6. The maximum absolute atomic E-state index is 12.7. The van der Waals surface area contributed by atoms with Crippen LogP contribution >= 0.6 is 0 Å². The number of benzene rings is 2. The molecule has 0 heterocycles. The van der Waals surface area contributed by atoms with E-state index in [2.05, 4.69) is 10.6 Å². The molecule has 26 heavy (non-hydrogen) atoms. The van der Waals surface area contributed by atoms with Crippen LogP contribution in [-0.2, 0) is 19.1 Å². The van der Waals surface area contributed by atoms with E-state index in [0.717, 1.165) is 0 Å². The fourth-order valence-electron chi connectivity index (χ4n) is 1.90. The second-order valence-electron chi connectivity index (χ2n) is 5.21. The van der Waals surface area contributed by atoms with Gasteiger partial charge in [0.15, 0.2) is 13.2 Å². The molecule has 0 fully saturated rings. The van der Waals surface area contributed by atoms with Gasteiger partial charge in [0.05, 0.1) is 0 Å². The number of ether oxygens (including phenoxy) is 2. The number of hydrogen-bond donors (Lipinski definition) is 2. The maximum Gasteiger partial charge on any atom is 0.344 e. The average molecular weight is 360 g/mol. The van der Waals surface area contributed by atoms with Gasteiger partial charge in [-0.3, -0.25) is 9.59 Å². The number of esters is 1. The molecule has 2 amide bonds. The SMILES string of the molecule is CC(=O)Nc1ccc(NC(=O)COC(=O)COc2ccc(F)cc2)cc1. The van der Waals surface area contributed by atoms with Crippen LogP contribution in [0.1, 0.15) is 6.92 Å². The van der Waals surface area contributed by atoms with Crippen molar-refractivity contribution in [2.75, 3.05) is 23.8 Å². The second-order valence-corrected chi connectivity index (χ2v) is 5.21. The summed E-state index contributed by atoms with van der Waals surface area (Å²) in [5.41, 5.74) is 1.09. The van der Waals surface area contributed by atoms with Crippen LogP contribution in [0.4, 0.5) is 15.8 Å². The molecular weight excluding hydrogens is 343 g/mol. The van der Waals surface area contributed by atoms with Crippen LogP contribution in [0, 0.1) is 5.82 Å². The minimum Gasteiger partial charge on any atom is -0.482 e. The van der Waals surface area contributed by atoms with Crippen molar-refractivity contribution in [2.24, 2.45) is 0 Å². The van der Waals surface area contributed by atoms with Crippen molar-refractivity contribution in [1.29, 1.82) is 0 Å². The van der Waals surface area contributed by atoms with Gasteiger partial charge >= 0.3 is 5.97 Å². The Morgan fingerprint density at radius 2 is 1.46 bits per heavy atom. The molecule has 0 spiro atoms. The van der Waals surface area contributed by atoms with Crippen molar-refractivity contribution in [1.82, 2.24) is 0 Å². The zero-order valence-corrected chi connectivity index (χ0v) is 14.0. The molecule has 2 N–H and O–H groups in total. The molecule has 2 aromatic rings. The molecule has 7 nitrogen and oxygen atoms in total. The van der Waals surface area contributed by atoms with Gasteiger partial charge in [-0.25, -0.2) is 9.18 Å². The third kappa shape index (κ3) is 6.60. The van der Waals surface area contributed by atoms with Gasteiger partial charge in [0.25, 0.3) is 5.91 Å². The molecule has 0 atom stereocenters. The minimum atomic E-state index is -0.731. The zero-order valence-electron chi connectivity index (χ0n) is 14.0. The Bertz CT molecular complexity index is 775. The van der Waals surface area contributed by atoms with Crippen molar-refractivity contribution in [3.63, 3.8) is 0 Å². The Morgan fingerprint density at radius 1 is 0.885 bits per heavy atom. The summed E-state index contributed by atoms with van der Waals surface area (Å²) in [6.07, 6.45) is 0. The minimum absolute atomic E-state index is 0.198. The Hall–Kier alpha value is -3.42. The van der Waals surface area contributed by atoms with Crippen LogP contribution in [0.3, 0.4) is 0 Å². The van der Waals surface area contributed by atoms with E-state index in [1.807, 2.05) is 0 Å². The number of carbonyl (C=O) groups excluding carboxylic acids is 3. The van der Waals surface area contributed by atoms with Crippen LogP contribution in [0.5, 0.6) is 5.75 Å². The molecule has 8 heteroatoms. The van der Waals surface area contributed by atoms with E-state index in [0.29, 0.717) is 17.1 Å². The summed E-state index contributed by atoms with van der Waals surface area (Å²) in [4.78, 5) is 34.2. The highest BCUT2D eigenvalue weighted by molar-refractivity contribution is 5.93. The van der Waals surface area contributed by atoms with E-state index in [9.17, 15) is 18.8 Å². The van der Waals surface area contributed by atoms with Crippen molar-refractivity contribution >= 4 is 29.2 Å². The standard InChI is InChI=1S/C18H17FN2O5/c1-12(22)20-14-4-6-15(7-5-14)21-17(23)10-26-18(24)11-25-16-8-2-13(19)3-9-16/h2-9H,10-11H2,1H3,(H,20,22)(H,21,23). The number of nitrogens with one attached hydrogen (secondary N) is 2. The molecule has 0 aromatic heterocycles. The Labute approximate surface area is 149 Å². The maximum atomic E-state index is 12.7. The molecule has 0 bridgehead atoms. The zero-order chi connectivity index (χ0) is 18.9. The largest absolute Gasteiger partial charge is 0.482 e. The van der Waals surface area contributed by atoms with E-state index in [-0.39, 0.29) is 5.91 Å². The highest BCUT2D eigenvalue weighted by atomic mass is 19.1. The van der Waals surface area contributed by atoms with Gasteiger partial charge in [-0.1, -0.05) is 0 Å². The summed E-state index contributed by atoms with van der Waals surface area (Å²) in [7, 11) is 0. The molecule has 0 aliphatic rings. The lowest BCUT2D eigenvalue weighted by molar-refractivity contribution is -0.149. The van der Waals surface area contributed by atoms with Crippen LogP contribution in [0.25, 0.3) is 0 Å². The van der Waals surface area contributed by atoms with Gasteiger partial charge < -0.3 is 20.1 Å². The van der Waals surface area contributed by atoms with E-state index in [4.69, 9.17) is 9.47 Å².